The first-order valence-corrected chi connectivity index (χ1v) is 11.9. The molecule has 9 nitrogen and oxygen atoms in total. The van der Waals surface area contributed by atoms with Crippen LogP contribution in [0.2, 0.25) is 0 Å². The van der Waals surface area contributed by atoms with Crippen LogP contribution in [0.3, 0.4) is 0 Å². The van der Waals surface area contributed by atoms with E-state index < -0.39 is 5.97 Å². The van der Waals surface area contributed by atoms with Crippen LogP contribution in [0.5, 0.6) is 5.75 Å². The van der Waals surface area contributed by atoms with Gasteiger partial charge in [-0.2, -0.15) is 5.10 Å². The SMILES string of the molecule is CCOC(=O)c1c(-c2cccc(OC3CCO3)c2)nc2c(cnn2C(C)C)c1N1CCOCC1. The van der Waals surface area contributed by atoms with E-state index in [2.05, 4.69) is 23.8 Å². The molecule has 0 aliphatic carbocycles. The molecule has 2 aliphatic heterocycles. The Morgan fingerprint density at radius 1 is 1.24 bits per heavy atom. The molecule has 0 amide bonds. The Hall–Kier alpha value is -3.17. The number of carbonyl (C=O) groups excluding carboxylic acids is 1. The van der Waals surface area contributed by atoms with Gasteiger partial charge >= 0.3 is 5.97 Å². The molecule has 2 aromatic heterocycles. The van der Waals surface area contributed by atoms with Crippen LogP contribution in [0.25, 0.3) is 22.3 Å². The van der Waals surface area contributed by atoms with Gasteiger partial charge in [-0.3, -0.25) is 0 Å². The van der Waals surface area contributed by atoms with Crippen molar-refractivity contribution < 1.29 is 23.7 Å². The number of hydrogen-bond donors (Lipinski definition) is 0. The quantitative estimate of drug-likeness (QED) is 0.486. The van der Waals surface area contributed by atoms with Gasteiger partial charge in [0.25, 0.3) is 0 Å². The van der Waals surface area contributed by atoms with Gasteiger partial charge in [0.15, 0.2) is 5.65 Å². The fourth-order valence-corrected chi connectivity index (χ4v) is 4.32. The van der Waals surface area contributed by atoms with Gasteiger partial charge in [-0.05, 0) is 32.9 Å². The van der Waals surface area contributed by atoms with E-state index in [4.69, 9.17) is 23.9 Å². The molecule has 9 heteroatoms. The number of nitrogens with zero attached hydrogens (tertiary/aromatic N) is 4. The highest BCUT2D eigenvalue weighted by atomic mass is 16.7. The van der Waals surface area contributed by atoms with Crippen LogP contribution in [0.15, 0.2) is 30.5 Å². The lowest BCUT2D eigenvalue weighted by atomic mass is 10.0. The van der Waals surface area contributed by atoms with E-state index >= 15 is 0 Å². The van der Waals surface area contributed by atoms with Gasteiger partial charge in [0.2, 0.25) is 6.29 Å². The van der Waals surface area contributed by atoms with Crippen molar-refractivity contribution in [3.05, 3.63) is 36.0 Å². The van der Waals surface area contributed by atoms with E-state index in [1.807, 2.05) is 35.9 Å². The molecular weight excluding hydrogens is 436 g/mol. The lowest BCUT2D eigenvalue weighted by Crippen LogP contribution is -2.37. The second-order valence-corrected chi connectivity index (χ2v) is 8.66. The average Bonchev–Trinajstić information content (AvgIpc) is 3.25. The molecule has 0 saturated carbocycles. The Morgan fingerprint density at radius 2 is 2.03 bits per heavy atom. The Balaban J connectivity index is 1.73. The molecule has 5 rings (SSSR count). The van der Waals surface area contributed by atoms with E-state index in [9.17, 15) is 4.79 Å². The zero-order chi connectivity index (χ0) is 23.7. The van der Waals surface area contributed by atoms with Crippen molar-refractivity contribution in [3.63, 3.8) is 0 Å². The number of hydrogen-bond acceptors (Lipinski definition) is 8. The van der Waals surface area contributed by atoms with E-state index in [-0.39, 0.29) is 18.9 Å². The normalized spacial score (nSPS) is 18.2. The first-order valence-electron chi connectivity index (χ1n) is 11.9. The molecule has 0 N–H and O–H groups in total. The van der Waals surface area contributed by atoms with Crippen molar-refractivity contribution in [1.82, 2.24) is 14.8 Å². The molecule has 2 fully saturated rings. The fraction of sp³-hybridized carbons (Fsp3) is 0.480. The highest BCUT2D eigenvalue weighted by molar-refractivity contribution is 6.09. The maximum atomic E-state index is 13.4. The molecule has 1 atom stereocenters. The van der Waals surface area contributed by atoms with Crippen molar-refractivity contribution in [3.8, 4) is 17.0 Å². The number of esters is 1. The zero-order valence-corrected chi connectivity index (χ0v) is 19.8. The Labute approximate surface area is 198 Å². The third-order valence-electron chi connectivity index (χ3n) is 6.04. The second kappa shape index (κ2) is 9.60. The Morgan fingerprint density at radius 3 is 2.71 bits per heavy atom. The van der Waals surface area contributed by atoms with Gasteiger partial charge in [-0.25, -0.2) is 14.5 Å². The third-order valence-corrected chi connectivity index (χ3v) is 6.04. The number of benzene rings is 1. The topological polar surface area (TPSA) is 87.9 Å². The molecule has 34 heavy (non-hydrogen) atoms. The van der Waals surface area contributed by atoms with Crippen LogP contribution in [0.1, 0.15) is 43.6 Å². The summed E-state index contributed by atoms with van der Waals surface area (Å²) >= 11 is 0. The number of ether oxygens (including phenoxy) is 4. The van der Waals surface area contributed by atoms with Crippen LogP contribution < -0.4 is 9.64 Å². The van der Waals surface area contributed by atoms with Gasteiger partial charge in [0.05, 0.1) is 49.4 Å². The molecule has 180 valence electrons. The van der Waals surface area contributed by atoms with Crippen molar-refractivity contribution in [1.29, 1.82) is 0 Å². The van der Waals surface area contributed by atoms with Crippen molar-refractivity contribution in [2.75, 3.05) is 44.4 Å². The lowest BCUT2D eigenvalue weighted by Gasteiger charge is -2.31. The molecule has 1 unspecified atom stereocenters. The monoisotopic (exact) mass is 466 g/mol. The predicted molar refractivity (Wildman–Crippen MR) is 127 cm³/mol. The van der Waals surface area contributed by atoms with Crippen LogP contribution >= 0.6 is 0 Å². The number of pyridine rings is 1. The molecule has 3 aromatic rings. The number of carbonyl (C=O) groups is 1. The summed E-state index contributed by atoms with van der Waals surface area (Å²) in [7, 11) is 0. The van der Waals surface area contributed by atoms with Crippen LogP contribution in [-0.2, 0) is 14.2 Å². The van der Waals surface area contributed by atoms with Crippen molar-refractivity contribution in [2.45, 2.75) is 39.5 Å². The molecule has 2 aliphatic rings. The largest absolute Gasteiger partial charge is 0.465 e. The Kier molecular flexibility index (Phi) is 6.38. The third kappa shape index (κ3) is 4.21. The van der Waals surface area contributed by atoms with E-state index in [1.165, 1.54) is 0 Å². The summed E-state index contributed by atoms with van der Waals surface area (Å²) in [5, 5.41) is 5.44. The zero-order valence-electron chi connectivity index (χ0n) is 19.8. The average molecular weight is 467 g/mol. The molecular formula is C25H30N4O5. The minimum absolute atomic E-state index is 0.106. The minimum atomic E-state index is -0.403. The maximum Gasteiger partial charge on any atom is 0.342 e. The van der Waals surface area contributed by atoms with E-state index in [0.717, 1.165) is 28.7 Å². The number of rotatable bonds is 7. The summed E-state index contributed by atoms with van der Waals surface area (Å²) in [6, 6.07) is 7.73. The number of morpholine rings is 1. The highest BCUT2D eigenvalue weighted by Crippen LogP contribution is 2.39. The molecule has 0 bridgehead atoms. The standard InChI is InChI=1S/C25H30N4O5/c1-4-32-25(30)21-22(17-6-5-7-18(14-17)34-20-8-11-33-20)27-24-19(15-26-29(24)16(2)3)23(21)28-9-12-31-13-10-28/h5-7,14-16,20H,4,8-13H2,1-3H3. The van der Waals surface area contributed by atoms with E-state index in [0.29, 0.717) is 49.9 Å². The van der Waals surface area contributed by atoms with Crippen LogP contribution in [0.4, 0.5) is 5.69 Å². The number of aromatic nitrogens is 3. The molecule has 0 spiro atoms. The molecule has 1 aromatic carbocycles. The van der Waals surface area contributed by atoms with Gasteiger partial charge in [-0.1, -0.05) is 12.1 Å². The fourth-order valence-electron chi connectivity index (χ4n) is 4.32. The van der Waals surface area contributed by atoms with E-state index in [1.54, 1.807) is 6.20 Å². The summed E-state index contributed by atoms with van der Waals surface area (Å²) < 4.78 is 24.4. The van der Waals surface area contributed by atoms with Crippen molar-refractivity contribution in [2.24, 2.45) is 0 Å². The maximum absolute atomic E-state index is 13.4. The number of fused-ring (bicyclic) bond motifs is 1. The van der Waals surface area contributed by atoms with Gasteiger partial charge < -0.3 is 23.8 Å². The summed E-state index contributed by atoms with van der Waals surface area (Å²) in [5.41, 5.74) is 3.29. The first kappa shape index (κ1) is 22.6. The lowest BCUT2D eigenvalue weighted by molar-refractivity contribution is -0.165. The molecule has 4 heterocycles. The van der Waals surface area contributed by atoms with Gasteiger partial charge in [-0.15, -0.1) is 0 Å². The number of anilines is 1. The molecule has 2 saturated heterocycles. The van der Waals surface area contributed by atoms with Gasteiger partial charge in [0, 0.05) is 31.1 Å². The smallest absolute Gasteiger partial charge is 0.342 e. The van der Waals surface area contributed by atoms with Crippen LogP contribution in [0, 0.1) is 0 Å². The van der Waals surface area contributed by atoms with Gasteiger partial charge in [0.1, 0.15) is 11.3 Å². The second-order valence-electron chi connectivity index (χ2n) is 8.66. The molecule has 0 radical (unpaired) electrons. The predicted octanol–water partition coefficient (Wildman–Crippen LogP) is 3.82. The summed E-state index contributed by atoms with van der Waals surface area (Å²) in [6.07, 6.45) is 2.42. The first-order chi connectivity index (χ1) is 16.6. The summed E-state index contributed by atoms with van der Waals surface area (Å²) in [5.74, 6) is 0.267. The van der Waals surface area contributed by atoms with Crippen LogP contribution in [-0.4, -0.2) is 66.5 Å². The Bertz CT molecular complexity index is 1180. The highest BCUT2D eigenvalue weighted by Gasteiger charge is 2.30. The minimum Gasteiger partial charge on any atom is -0.465 e. The summed E-state index contributed by atoms with van der Waals surface area (Å²) in [4.78, 5) is 20.6. The van der Waals surface area contributed by atoms with Crippen molar-refractivity contribution >= 4 is 22.7 Å². The summed E-state index contributed by atoms with van der Waals surface area (Å²) in [6.45, 7) is 9.42.